The van der Waals surface area contributed by atoms with Crippen molar-refractivity contribution in [2.45, 2.75) is 19.4 Å². The maximum absolute atomic E-state index is 12.7. The van der Waals surface area contributed by atoms with Gasteiger partial charge < -0.3 is 18.8 Å². The number of fused-ring (bicyclic) bond motifs is 2. The highest BCUT2D eigenvalue weighted by molar-refractivity contribution is 5.99. The molecule has 148 valence electrons. The zero-order valence-corrected chi connectivity index (χ0v) is 16.0. The van der Waals surface area contributed by atoms with E-state index in [1.165, 1.54) is 13.2 Å². The summed E-state index contributed by atoms with van der Waals surface area (Å²) in [4.78, 5) is 39.0. The Balaban J connectivity index is 1.52. The number of methoxy groups -OCH3 is 1. The monoisotopic (exact) mass is 393 g/mol. The predicted octanol–water partition coefficient (Wildman–Crippen LogP) is 2.94. The van der Waals surface area contributed by atoms with Crippen LogP contribution in [0.3, 0.4) is 0 Å². The van der Waals surface area contributed by atoms with Crippen molar-refractivity contribution in [1.29, 1.82) is 0 Å². The van der Waals surface area contributed by atoms with Gasteiger partial charge in [0.05, 0.1) is 7.11 Å². The van der Waals surface area contributed by atoms with E-state index in [9.17, 15) is 14.4 Å². The quantitative estimate of drug-likeness (QED) is 0.500. The molecule has 7 heteroatoms. The lowest BCUT2D eigenvalue weighted by atomic mass is 10.1. The van der Waals surface area contributed by atoms with Gasteiger partial charge in [-0.05, 0) is 37.1 Å². The molecule has 1 aliphatic rings. The van der Waals surface area contributed by atoms with Crippen LogP contribution in [-0.4, -0.2) is 31.6 Å². The molecule has 7 nitrogen and oxygen atoms in total. The van der Waals surface area contributed by atoms with Crippen molar-refractivity contribution in [2.24, 2.45) is 0 Å². The molecular weight excluding hydrogens is 374 g/mol. The zero-order valence-electron chi connectivity index (χ0n) is 16.0. The van der Waals surface area contributed by atoms with Gasteiger partial charge in [0.15, 0.2) is 17.9 Å². The third kappa shape index (κ3) is 3.35. The minimum Gasteiger partial charge on any atom is -0.493 e. The number of para-hydroxylation sites is 2. The van der Waals surface area contributed by atoms with Crippen molar-refractivity contribution in [1.82, 2.24) is 0 Å². The van der Waals surface area contributed by atoms with E-state index in [0.717, 1.165) is 17.7 Å². The number of ether oxygens (including phenoxy) is 2. The number of hydrogen-bond donors (Lipinski definition) is 0. The van der Waals surface area contributed by atoms with Crippen LogP contribution >= 0.6 is 0 Å². The highest BCUT2D eigenvalue weighted by Crippen LogP contribution is 2.31. The van der Waals surface area contributed by atoms with Crippen LogP contribution in [0.5, 0.6) is 5.75 Å². The smallest absolute Gasteiger partial charge is 0.351 e. The van der Waals surface area contributed by atoms with Crippen LogP contribution in [0.1, 0.15) is 22.8 Å². The van der Waals surface area contributed by atoms with E-state index in [0.29, 0.717) is 11.1 Å². The molecule has 29 heavy (non-hydrogen) atoms. The fraction of sp³-hybridized carbons (Fsp3) is 0.227. The Bertz CT molecular complexity index is 1170. The first-order valence-corrected chi connectivity index (χ1v) is 9.17. The second-order valence-corrected chi connectivity index (χ2v) is 6.85. The van der Waals surface area contributed by atoms with E-state index in [-0.39, 0.29) is 23.1 Å². The number of carbonyl (C=O) groups excluding carboxylic acids is 2. The lowest BCUT2D eigenvalue weighted by Gasteiger charge is -2.22. The molecule has 2 heterocycles. The number of anilines is 1. The van der Waals surface area contributed by atoms with Crippen molar-refractivity contribution in [3.63, 3.8) is 0 Å². The largest absolute Gasteiger partial charge is 0.493 e. The van der Waals surface area contributed by atoms with Crippen LogP contribution in [0.25, 0.3) is 11.0 Å². The van der Waals surface area contributed by atoms with Crippen molar-refractivity contribution in [3.05, 3.63) is 70.1 Å². The molecule has 0 bridgehead atoms. The normalized spacial score (nSPS) is 15.2. The van der Waals surface area contributed by atoms with E-state index in [4.69, 9.17) is 13.9 Å². The molecule has 0 saturated carbocycles. The Morgan fingerprint density at radius 3 is 2.76 bits per heavy atom. The van der Waals surface area contributed by atoms with Crippen LogP contribution in [0.15, 0.2) is 57.7 Å². The summed E-state index contributed by atoms with van der Waals surface area (Å²) in [5, 5.41) is 0.518. The summed E-state index contributed by atoms with van der Waals surface area (Å²) >= 11 is 0. The first-order valence-electron chi connectivity index (χ1n) is 9.17. The maximum Gasteiger partial charge on any atom is 0.351 e. The maximum atomic E-state index is 12.7. The van der Waals surface area contributed by atoms with Crippen molar-refractivity contribution < 1.29 is 23.5 Å². The number of benzene rings is 2. The average Bonchev–Trinajstić information content (AvgIpc) is 3.06. The van der Waals surface area contributed by atoms with Crippen LogP contribution in [0, 0.1) is 0 Å². The fourth-order valence-electron chi connectivity index (χ4n) is 3.64. The van der Waals surface area contributed by atoms with Crippen molar-refractivity contribution in [2.75, 3.05) is 18.6 Å². The molecule has 1 aromatic heterocycles. The van der Waals surface area contributed by atoms with E-state index < -0.39 is 18.2 Å². The number of carbonyl (C=O) groups is 2. The molecule has 1 aliphatic heterocycles. The number of nitrogens with zero attached hydrogens (tertiary/aromatic N) is 1. The molecule has 1 unspecified atom stereocenters. The summed E-state index contributed by atoms with van der Waals surface area (Å²) in [6, 6.07) is 14.0. The van der Waals surface area contributed by atoms with Gasteiger partial charge in [-0.3, -0.25) is 4.79 Å². The molecular formula is C22H19NO6. The molecule has 2 aromatic carbocycles. The molecule has 4 rings (SSSR count). The van der Waals surface area contributed by atoms with Gasteiger partial charge in [-0.2, -0.15) is 0 Å². The van der Waals surface area contributed by atoms with E-state index >= 15 is 0 Å². The Hall–Kier alpha value is -3.61. The molecule has 0 aliphatic carbocycles. The van der Waals surface area contributed by atoms with Gasteiger partial charge in [0.25, 0.3) is 5.91 Å². The minimum atomic E-state index is -0.906. The molecule has 0 fully saturated rings. The molecule has 1 atom stereocenters. The van der Waals surface area contributed by atoms with Gasteiger partial charge in [-0.1, -0.05) is 30.3 Å². The number of rotatable bonds is 4. The second kappa shape index (κ2) is 7.43. The Kier molecular flexibility index (Phi) is 4.80. The first-order chi connectivity index (χ1) is 14.0. The standard InChI is InChI=1S/C22H19NO6/c1-13-10-14-6-3-4-8-17(14)23(13)19(24)12-28-21(25)16-11-15-7-5-9-18(27-2)20(15)29-22(16)26/h3-9,11,13H,10,12H2,1-2H3. The Morgan fingerprint density at radius 2 is 1.97 bits per heavy atom. The van der Waals surface area contributed by atoms with Gasteiger partial charge in [0.2, 0.25) is 0 Å². The highest BCUT2D eigenvalue weighted by atomic mass is 16.5. The third-order valence-corrected chi connectivity index (χ3v) is 4.97. The number of esters is 1. The van der Waals surface area contributed by atoms with Crippen LogP contribution in [0.2, 0.25) is 0 Å². The molecule has 0 radical (unpaired) electrons. The molecule has 0 saturated heterocycles. The summed E-state index contributed by atoms with van der Waals surface area (Å²) < 4.78 is 15.5. The lowest BCUT2D eigenvalue weighted by molar-refractivity contribution is -0.122. The zero-order chi connectivity index (χ0) is 20.5. The van der Waals surface area contributed by atoms with Gasteiger partial charge in [0.1, 0.15) is 5.56 Å². The number of amides is 1. The summed E-state index contributed by atoms with van der Waals surface area (Å²) in [6.07, 6.45) is 0.742. The Morgan fingerprint density at radius 1 is 1.17 bits per heavy atom. The Labute approximate surface area is 166 Å². The van der Waals surface area contributed by atoms with E-state index in [1.54, 1.807) is 23.1 Å². The lowest BCUT2D eigenvalue weighted by Crippen LogP contribution is -2.39. The van der Waals surface area contributed by atoms with Crippen LogP contribution in [0.4, 0.5) is 5.69 Å². The highest BCUT2D eigenvalue weighted by Gasteiger charge is 2.31. The second-order valence-electron chi connectivity index (χ2n) is 6.85. The van der Waals surface area contributed by atoms with Gasteiger partial charge >= 0.3 is 11.6 Å². The van der Waals surface area contributed by atoms with Gasteiger partial charge in [-0.15, -0.1) is 0 Å². The van der Waals surface area contributed by atoms with Gasteiger partial charge in [-0.25, -0.2) is 9.59 Å². The first kappa shape index (κ1) is 18.7. The third-order valence-electron chi connectivity index (χ3n) is 4.97. The van der Waals surface area contributed by atoms with Crippen LogP contribution in [-0.2, 0) is 16.0 Å². The summed E-state index contributed by atoms with van der Waals surface area (Å²) in [6.45, 7) is 1.47. The predicted molar refractivity (Wildman–Crippen MR) is 106 cm³/mol. The molecule has 0 N–H and O–H groups in total. The summed E-state index contributed by atoms with van der Waals surface area (Å²) in [5.41, 5.74) is 1.02. The van der Waals surface area contributed by atoms with Crippen molar-refractivity contribution >= 4 is 28.5 Å². The summed E-state index contributed by atoms with van der Waals surface area (Å²) in [7, 11) is 1.46. The molecule has 1 amide bonds. The van der Waals surface area contributed by atoms with E-state index in [2.05, 4.69) is 0 Å². The number of hydrogen-bond acceptors (Lipinski definition) is 6. The minimum absolute atomic E-state index is 0.0307. The van der Waals surface area contributed by atoms with Crippen LogP contribution < -0.4 is 15.3 Å². The fourth-order valence-corrected chi connectivity index (χ4v) is 3.64. The molecule has 0 spiro atoms. The van der Waals surface area contributed by atoms with Gasteiger partial charge in [0, 0.05) is 17.1 Å². The summed E-state index contributed by atoms with van der Waals surface area (Å²) in [5.74, 6) is -0.865. The SMILES string of the molecule is COc1cccc2cc(C(=O)OCC(=O)N3c4ccccc4CC3C)c(=O)oc12. The average molecular weight is 393 g/mol. The van der Waals surface area contributed by atoms with E-state index in [1.807, 2.05) is 31.2 Å². The van der Waals surface area contributed by atoms with Crippen molar-refractivity contribution in [3.8, 4) is 5.75 Å². The molecule has 3 aromatic rings. The topological polar surface area (TPSA) is 86.0 Å².